The summed E-state index contributed by atoms with van der Waals surface area (Å²) in [4.78, 5) is 18.0. The smallest absolute Gasteiger partial charge is 0.256 e. The quantitative estimate of drug-likeness (QED) is 0.352. The van der Waals surface area contributed by atoms with E-state index in [9.17, 15) is 4.79 Å². The molecular formula is C26H23BrN2O. The molecule has 3 nitrogen and oxygen atoms in total. The summed E-state index contributed by atoms with van der Waals surface area (Å²) in [5, 5.41) is 3.84. The molecule has 0 radical (unpaired) electrons. The Hall–Kier alpha value is -2.98. The summed E-state index contributed by atoms with van der Waals surface area (Å²) in [7, 11) is 0. The zero-order valence-electron chi connectivity index (χ0n) is 17.2. The molecule has 0 atom stereocenters. The van der Waals surface area contributed by atoms with Gasteiger partial charge in [-0.1, -0.05) is 75.4 Å². The van der Waals surface area contributed by atoms with Gasteiger partial charge in [0.15, 0.2) is 0 Å². The molecule has 0 saturated heterocycles. The highest BCUT2D eigenvalue weighted by Crippen LogP contribution is 2.29. The van der Waals surface area contributed by atoms with Gasteiger partial charge in [-0.05, 0) is 51.2 Å². The lowest BCUT2D eigenvalue weighted by Gasteiger charge is -2.19. The van der Waals surface area contributed by atoms with Crippen LogP contribution in [-0.4, -0.2) is 10.9 Å². The third-order valence-electron chi connectivity index (χ3n) is 5.13. The van der Waals surface area contributed by atoms with E-state index in [1.165, 1.54) is 5.56 Å². The molecule has 30 heavy (non-hydrogen) atoms. The zero-order chi connectivity index (χ0) is 21.3. The third-order valence-corrected chi connectivity index (χ3v) is 5.82. The molecule has 0 spiro atoms. The summed E-state index contributed by atoms with van der Waals surface area (Å²) in [5.41, 5.74) is 5.26. The summed E-state index contributed by atoms with van der Waals surface area (Å²) in [6, 6.07) is 25.6. The predicted molar refractivity (Wildman–Crippen MR) is 128 cm³/mol. The fourth-order valence-corrected chi connectivity index (χ4v) is 3.79. The lowest BCUT2D eigenvalue weighted by molar-refractivity contribution is 0.102. The van der Waals surface area contributed by atoms with Crippen LogP contribution in [0.2, 0.25) is 0 Å². The van der Waals surface area contributed by atoms with Crippen molar-refractivity contribution in [3.8, 4) is 11.3 Å². The number of nitrogens with one attached hydrogen (secondary N) is 1. The van der Waals surface area contributed by atoms with Gasteiger partial charge >= 0.3 is 0 Å². The van der Waals surface area contributed by atoms with Gasteiger partial charge in [-0.2, -0.15) is 0 Å². The Morgan fingerprint density at radius 3 is 2.27 bits per heavy atom. The molecule has 0 aliphatic rings. The van der Waals surface area contributed by atoms with Crippen LogP contribution in [0.3, 0.4) is 0 Å². The molecule has 0 unspecified atom stereocenters. The van der Waals surface area contributed by atoms with E-state index in [2.05, 4.69) is 66.3 Å². The Morgan fingerprint density at radius 1 is 0.900 bits per heavy atom. The van der Waals surface area contributed by atoms with Crippen molar-refractivity contribution in [1.82, 2.24) is 4.98 Å². The second-order valence-electron chi connectivity index (χ2n) is 8.33. The highest BCUT2D eigenvalue weighted by atomic mass is 79.9. The predicted octanol–water partition coefficient (Wildman–Crippen LogP) is 7.21. The highest BCUT2D eigenvalue weighted by molar-refractivity contribution is 9.10. The number of pyridine rings is 1. The number of carbonyl (C=O) groups is 1. The van der Waals surface area contributed by atoms with Gasteiger partial charge in [0.25, 0.3) is 5.91 Å². The number of para-hydroxylation sites is 2. The van der Waals surface area contributed by atoms with Gasteiger partial charge in [0, 0.05) is 15.4 Å². The first kappa shape index (κ1) is 20.3. The average Bonchev–Trinajstić information content (AvgIpc) is 2.74. The van der Waals surface area contributed by atoms with E-state index >= 15 is 0 Å². The standard InChI is InChI=1S/C26H23BrN2O/c1-26(2,3)18-14-12-17(13-15-18)24-16-20(19-8-4-6-10-22(19)28-24)25(30)29-23-11-7-5-9-21(23)27/h4-16H,1-3H3,(H,29,30). The van der Waals surface area contributed by atoms with Crippen LogP contribution in [0.25, 0.3) is 22.2 Å². The van der Waals surface area contributed by atoms with Crippen LogP contribution in [0.15, 0.2) is 83.3 Å². The van der Waals surface area contributed by atoms with Gasteiger partial charge in [0.1, 0.15) is 0 Å². The van der Waals surface area contributed by atoms with Crippen LogP contribution >= 0.6 is 15.9 Å². The molecule has 0 aliphatic carbocycles. The number of amides is 1. The molecule has 1 N–H and O–H groups in total. The van der Waals surface area contributed by atoms with Crippen molar-refractivity contribution in [2.45, 2.75) is 26.2 Å². The first-order valence-corrected chi connectivity index (χ1v) is 10.7. The Morgan fingerprint density at radius 2 is 1.57 bits per heavy atom. The van der Waals surface area contributed by atoms with E-state index in [1.54, 1.807) is 0 Å². The number of rotatable bonds is 3. The minimum absolute atomic E-state index is 0.0868. The van der Waals surface area contributed by atoms with Crippen molar-refractivity contribution >= 4 is 38.4 Å². The monoisotopic (exact) mass is 458 g/mol. The summed E-state index contributed by atoms with van der Waals surface area (Å²) < 4.78 is 0.842. The molecule has 4 heteroatoms. The van der Waals surface area contributed by atoms with Crippen LogP contribution < -0.4 is 5.32 Å². The van der Waals surface area contributed by atoms with E-state index in [0.717, 1.165) is 32.3 Å². The summed E-state index contributed by atoms with van der Waals surface area (Å²) in [5.74, 6) is -0.159. The topological polar surface area (TPSA) is 42.0 Å². The number of nitrogens with zero attached hydrogens (tertiary/aromatic N) is 1. The minimum atomic E-state index is -0.159. The van der Waals surface area contributed by atoms with Gasteiger partial charge in [-0.3, -0.25) is 4.79 Å². The molecule has 0 saturated carbocycles. The van der Waals surface area contributed by atoms with E-state index in [-0.39, 0.29) is 11.3 Å². The van der Waals surface area contributed by atoms with Crippen molar-refractivity contribution in [3.63, 3.8) is 0 Å². The zero-order valence-corrected chi connectivity index (χ0v) is 18.8. The maximum absolute atomic E-state index is 13.2. The van der Waals surface area contributed by atoms with Crippen LogP contribution in [0.1, 0.15) is 36.7 Å². The number of halogens is 1. The fraction of sp³-hybridized carbons (Fsp3) is 0.154. The van der Waals surface area contributed by atoms with Crippen molar-refractivity contribution in [2.24, 2.45) is 0 Å². The maximum atomic E-state index is 13.2. The SMILES string of the molecule is CC(C)(C)c1ccc(-c2cc(C(=O)Nc3ccccc3Br)c3ccccc3n2)cc1. The van der Waals surface area contributed by atoms with Crippen LogP contribution in [0.5, 0.6) is 0 Å². The summed E-state index contributed by atoms with van der Waals surface area (Å²) >= 11 is 3.49. The number of hydrogen-bond donors (Lipinski definition) is 1. The van der Waals surface area contributed by atoms with Gasteiger partial charge in [-0.15, -0.1) is 0 Å². The van der Waals surface area contributed by atoms with E-state index in [1.807, 2.05) is 54.6 Å². The molecule has 150 valence electrons. The van der Waals surface area contributed by atoms with Crippen molar-refractivity contribution in [1.29, 1.82) is 0 Å². The average molecular weight is 459 g/mol. The van der Waals surface area contributed by atoms with E-state index < -0.39 is 0 Å². The number of benzene rings is 3. The fourth-order valence-electron chi connectivity index (χ4n) is 3.40. The highest BCUT2D eigenvalue weighted by Gasteiger charge is 2.16. The summed E-state index contributed by atoms with van der Waals surface area (Å²) in [6.07, 6.45) is 0. The van der Waals surface area contributed by atoms with Crippen molar-refractivity contribution < 1.29 is 4.79 Å². The molecule has 0 fully saturated rings. The molecule has 4 aromatic rings. The van der Waals surface area contributed by atoms with E-state index in [4.69, 9.17) is 4.98 Å². The number of anilines is 1. The Labute approximate surface area is 185 Å². The van der Waals surface area contributed by atoms with Crippen molar-refractivity contribution in [2.75, 3.05) is 5.32 Å². The molecule has 1 aromatic heterocycles. The minimum Gasteiger partial charge on any atom is -0.321 e. The lowest BCUT2D eigenvalue weighted by Crippen LogP contribution is -2.13. The molecule has 0 aliphatic heterocycles. The number of carbonyl (C=O) groups excluding carboxylic acids is 1. The first-order valence-electron chi connectivity index (χ1n) is 9.89. The Balaban J connectivity index is 1.78. The molecule has 4 rings (SSSR count). The first-order chi connectivity index (χ1) is 14.3. The van der Waals surface area contributed by atoms with Gasteiger partial charge in [-0.25, -0.2) is 4.98 Å². The van der Waals surface area contributed by atoms with Gasteiger partial charge < -0.3 is 5.32 Å². The lowest BCUT2D eigenvalue weighted by atomic mass is 9.86. The normalized spacial score (nSPS) is 11.5. The number of hydrogen-bond acceptors (Lipinski definition) is 2. The second kappa shape index (κ2) is 8.04. The van der Waals surface area contributed by atoms with Crippen LogP contribution in [0, 0.1) is 0 Å². The maximum Gasteiger partial charge on any atom is 0.256 e. The molecule has 1 amide bonds. The van der Waals surface area contributed by atoms with Crippen molar-refractivity contribution in [3.05, 3.63) is 94.5 Å². The Kier molecular flexibility index (Phi) is 5.44. The van der Waals surface area contributed by atoms with Crippen LogP contribution in [0.4, 0.5) is 5.69 Å². The van der Waals surface area contributed by atoms with Crippen LogP contribution in [-0.2, 0) is 5.41 Å². The number of fused-ring (bicyclic) bond motifs is 1. The number of aromatic nitrogens is 1. The Bertz CT molecular complexity index is 1220. The van der Waals surface area contributed by atoms with E-state index in [0.29, 0.717) is 5.56 Å². The summed E-state index contributed by atoms with van der Waals surface area (Å²) in [6.45, 7) is 6.58. The second-order valence-corrected chi connectivity index (χ2v) is 9.19. The largest absolute Gasteiger partial charge is 0.321 e. The molecule has 3 aromatic carbocycles. The molecular weight excluding hydrogens is 436 g/mol. The van der Waals surface area contributed by atoms with Gasteiger partial charge in [0.2, 0.25) is 0 Å². The molecule has 0 bridgehead atoms. The van der Waals surface area contributed by atoms with Gasteiger partial charge in [0.05, 0.1) is 22.5 Å². The third kappa shape index (κ3) is 4.14. The molecule has 1 heterocycles.